The highest BCUT2D eigenvalue weighted by molar-refractivity contribution is 5.90. The van der Waals surface area contributed by atoms with E-state index in [0.717, 1.165) is 4.68 Å². The molecule has 1 atom stereocenters. The van der Waals surface area contributed by atoms with E-state index in [1.54, 1.807) is 31.2 Å². The standard InChI is InChI=1S/C21H19FN4O2/c1-12(2)19-24-18-15(11-23)7-5-9-17(18)21(28)26(19)25-20(27)13(3)14-6-4-8-16(22)10-14/h4-10,12-13H,1-3H3,(H,25,27). The van der Waals surface area contributed by atoms with Crippen LogP contribution < -0.4 is 11.0 Å². The molecular weight excluding hydrogens is 359 g/mol. The van der Waals surface area contributed by atoms with Gasteiger partial charge in [-0.05, 0) is 36.8 Å². The number of nitrogens with one attached hydrogen (secondary N) is 1. The molecular formula is C21H19FN4O2. The molecule has 0 bridgehead atoms. The Morgan fingerprint density at radius 2 is 1.93 bits per heavy atom. The molecule has 1 amide bonds. The predicted molar refractivity (Wildman–Crippen MR) is 104 cm³/mol. The Bertz CT molecular complexity index is 1160. The molecule has 0 radical (unpaired) electrons. The van der Waals surface area contributed by atoms with E-state index in [-0.39, 0.29) is 11.3 Å². The first-order valence-electron chi connectivity index (χ1n) is 8.85. The van der Waals surface area contributed by atoms with Crippen LogP contribution in [0.25, 0.3) is 10.9 Å². The predicted octanol–water partition coefficient (Wildman–Crippen LogP) is 3.40. The molecule has 0 aliphatic rings. The number of aromatic nitrogens is 2. The van der Waals surface area contributed by atoms with E-state index in [9.17, 15) is 19.2 Å². The highest BCUT2D eigenvalue weighted by Crippen LogP contribution is 2.19. The Labute approximate surface area is 161 Å². The third kappa shape index (κ3) is 3.49. The largest absolute Gasteiger partial charge is 0.280 e. The molecule has 0 aliphatic heterocycles. The number of amides is 1. The van der Waals surface area contributed by atoms with E-state index >= 15 is 0 Å². The highest BCUT2D eigenvalue weighted by Gasteiger charge is 2.21. The highest BCUT2D eigenvalue weighted by atomic mass is 19.1. The summed E-state index contributed by atoms with van der Waals surface area (Å²) >= 11 is 0. The number of rotatable bonds is 4. The van der Waals surface area contributed by atoms with Crippen LogP contribution in [0.2, 0.25) is 0 Å². The van der Waals surface area contributed by atoms with Crippen LogP contribution in [0.5, 0.6) is 0 Å². The number of fused-ring (bicyclic) bond motifs is 1. The van der Waals surface area contributed by atoms with Gasteiger partial charge in [-0.2, -0.15) is 5.26 Å². The second-order valence-corrected chi connectivity index (χ2v) is 6.83. The van der Waals surface area contributed by atoms with Gasteiger partial charge < -0.3 is 0 Å². The molecule has 0 spiro atoms. The molecule has 1 N–H and O–H groups in total. The summed E-state index contributed by atoms with van der Waals surface area (Å²) in [6.07, 6.45) is 0. The number of carbonyl (C=O) groups is 1. The lowest BCUT2D eigenvalue weighted by atomic mass is 10.0. The first-order valence-corrected chi connectivity index (χ1v) is 8.85. The van der Waals surface area contributed by atoms with Crippen molar-refractivity contribution in [2.45, 2.75) is 32.6 Å². The van der Waals surface area contributed by atoms with E-state index in [1.807, 2.05) is 19.9 Å². The molecule has 0 saturated heterocycles. The molecule has 1 unspecified atom stereocenters. The topological polar surface area (TPSA) is 87.8 Å². The van der Waals surface area contributed by atoms with Gasteiger partial charge in [0.05, 0.1) is 22.4 Å². The Hall–Kier alpha value is -3.53. The molecule has 6 nitrogen and oxygen atoms in total. The van der Waals surface area contributed by atoms with E-state index in [4.69, 9.17) is 0 Å². The summed E-state index contributed by atoms with van der Waals surface area (Å²) in [4.78, 5) is 30.2. The first kappa shape index (κ1) is 19.2. The van der Waals surface area contributed by atoms with Gasteiger partial charge in [0.25, 0.3) is 5.56 Å². The number of hydrogen-bond acceptors (Lipinski definition) is 4. The summed E-state index contributed by atoms with van der Waals surface area (Å²) in [6, 6.07) is 12.6. The molecule has 3 aromatic rings. The zero-order valence-electron chi connectivity index (χ0n) is 15.7. The number of para-hydroxylation sites is 1. The van der Waals surface area contributed by atoms with Gasteiger partial charge in [0.15, 0.2) is 0 Å². The van der Waals surface area contributed by atoms with Crippen LogP contribution in [0.4, 0.5) is 4.39 Å². The van der Waals surface area contributed by atoms with Gasteiger partial charge in [-0.3, -0.25) is 15.0 Å². The maximum Gasteiger partial charge on any atom is 0.280 e. The second-order valence-electron chi connectivity index (χ2n) is 6.83. The number of nitrogens with zero attached hydrogens (tertiary/aromatic N) is 3. The van der Waals surface area contributed by atoms with Gasteiger partial charge in [-0.15, -0.1) is 0 Å². The SMILES string of the molecule is CC(C)c1nc2c(C#N)cccc2c(=O)n1NC(=O)C(C)c1cccc(F)c1. The lowest BCUT2D eigenvalue weighted by Crippen LogP contribution is -2.38. The van der Waals surface area contributed by atoms with Crippen molar-refractivity contribution in [3.05, 3.63) is 75.6 Å². The van der Waals surface area contributed by atoms with Crippen LogP contribution >= 0.6 is 0 Å². The number of halogens is 1. The number of benzene rings is 2. The fraction of sp³-hybridized carbons (Fsp3) is 0.238. The van der Waals surface area contributed by atoms with Crippen molar-refractivity contribution in [1.29, 1.82) is 5.26 Å². The Morgan fingerprint density at radius 1 is 1.21 bits per heavy atom. The molecule has 7 heteroatoms. The van der Waals surface area contributed by atoms with E-state index in [0.29, 0.717) is 22.5 Å². The minimum Gasteiger partial charge on any atom is -0.273 e. The van der Waals surface area contributed by atoms with Crippen molar-refractivity contribution in [3.8, 4) is 6.07 Å². The molecule has 0 aliphatic carbocycles. The normalized spacial score (nSPS) is 12.0. The van der Waals surface area contributed by atoms with Crippen LogP contribution in [0.3, 0.4) is 0 Å². The van der Waals surface area contributed by atoms with E-state index in [2.05, 4.69) is 10.4 Å². The third-order valence-corrected chi connectivity index (χ3v) is 4.53. The molecule has 0 saturated carbocycles. The summed E-state index contributed by atoms with van der Waals surface area (Å²) in [7, 11) is 0. The van der Waals surface area contributed by atoms with Gasteiger partial charge in [0.1, 0.15) is 17.7 Å². The first-order chi connectivity index (χ1) is 13.3. The molecule has 3 rings (SSSR count). The monoisotopic (exact) mass is 378 g/mol. The summed E-state index contributed by atoms with van der Waals surface area (Å²) < 4.78 is 14.6. The maximum atomic E-state index is 13.5. The van der Waals surface area contributed by atoms with Gasteiger partial charge in [-0.25, -0.2) is 14.1 Å². The van der Waals surface area contributed by atoms with Crippen LogP contribution in [0.15, 0.2) is 47.3 Å². The molecule has 2 aromatic carbocycles. The smallest absolute Gasteiger partial charge is 0.273 e. The number of hydrogen-bond donors (Lipinski definition) is 1. The maximum absolute atomic E-state index is 13.5. The van der Waals surface area contributed by atoms with Crippen molar-refractivity contribution < 1.29 is 9.18 Å². The average molecular weight is 378 g/mol. The third-order valence-electron chi connectivity index (χ3n) is 4.53. The number of carbonyl (C=O) groups excluding carboxylic acids is 1. The lowest BCUT2D eigenvalue weighted by molar-refractivity contribution is -0.118. The lowest BCUT2D eigenvalue weighted by Gasteiger charge is -2.19. The van der Waals surface area contributed by atoms with Crippen molar-refractivity contribution in [1.82, 2.24) is 9.66 Å². The van der Waals surface area contributed by atoms with E-state index < -0.39 is 23.2 Å². The fourth-order valence-electron chi connectivity index (χ4n) is 2.95. The zero-order valence-corrected chi connectivity index (χ0v) is 15.7. The van der Waals surface area contributed by atoms with Crippen LogP contribution in [0, 0.1) is 17.1 Å². The molecule has 0 fully saturated rings. The van der Waals surface area contributed by atoms with Crippen molar-refractivity contribution in [2.75, 3.05) is 5.43 Å². The van der Waals surface area contributed by atoms with Crippen LogP contribution in [-0.4, -0.2) is 15.6 Å². The van der Waals surface area contributed by atoms with E-state index in [1.165, 1.54) is 18.2 Å². The zero-order chi connectivity index (χ0) is 20.4. The quantitative estimate of drug-likeness (QED) is 0.754. The van der Waals surface area contributed by atoms with Gasteiger partial charge in [0, 0.05) is 5.92 Å². The van der Waals surface area contributed by atoms with Gasteiger partial charge in [-0.1, -0.05) is 32.0 Å². The molecule has 1 heterocycles. The number of nitriles is 1. The molecule has 142 valence electrons. The van der Waals surface area contributed by atoms with Crippen LogP contribution in [-0.2, 0) is 4.79 Å². The minimum absolute atomic E-state index is 0.186. The van der Waals surface area contributed by atoms with Gasteiger partial charge >= 0.3 is 0 Å². The summed E-state index contributed by atoms with van der Waals surface area (Å²) in [5.74, 6) is -1.43. The molecule has 1 aromatic heterocycles. The van der Waals surface area contributed by atoms with Crippen LogP contribution in [0.1, 0.15) is 49.6 Å². The molecule has 28 heavy (non-hydrogen) atoms. The van der Waals surface area contributed by atoms with Crippen molar-refractivity contribution in [3.63, 3.8) is 0 Å². The Morgan fingerprint density at radius 3 is 2.57 bits per heavy atom. The van der Waals surface area contributed by atoms with Crippen molar-refractivity contribution >= 4 is 16.8 Å². The summed E-state index contributed by atoms with van der Waals surface area (Å²) in [6.45, 7) is 5.30. The summed E-state index contributed by atoms with van der Waals surface area (Å²) in [5.41, 5.74) is 3.24. The second kappa shape index (κ2) is 7.61. The van der Waals surface area contributed by atoms with Crippen molar-refractivity contribution in [2.24, 2.45) is 0 Å². The fourth-order valence-corrected chi connectivity index (χ4v) is 2.95. The Balaban J connectivity index is 2.08. The van der Waals surface area contributed by atoms with Gasteiger partial charge in [0.2, 0.25) is 5.91 Å². The summed E-state index contributed by atoms with van der Waals surface area (Å²) in [5, 5.41) is 9.53. The Kier molecular flexibility index (Phi) is 5.23. The average Bonchev–Trinajstić information content (AvgIpc) is 2.68. The minimum atomic E-state index is -0.677.